The van der Waals surface area contributed by atoms with Crippen molar-refractivity contribution in [1.29, 1.82) is 0 Å². The molecule has 0 aromatic carbocycles. The highest BCUT2D eigenvalue weighted by Crippen LogP contribution is 2.31. The number of amides is 3. The van der Waals surface area contributed by atoms with Gasteiger partial charge in [0.25, 0.3) is 0 Å². The molecule has 2 unspecified atom stereocenters. The SMILES string of the molecule is CCCCCCCC(=O)SCC/C=C/C1CC(=O)NCc2cc(ccn2)C2=N[C@@](C)(CS2)C(=O)NC(C(C)C)C(=O)N1. The quantitative estimate of drug-likeness (QED) is 0.246. The Morgan fingerprint density at radius 2 is 1.98 bits per heavy atom. The van der Waals surface area contributed by atoms with E-state index in [0.717, 1.165) is 23.4 Å². The van der Waals surface area contributed by atoms with E-state index in [-0.39, 0.29) is 41.7 Å². The first-order valence-corrected chi connectivity index (χ1v) is 17.0. The van der Waals surface area contributed by atoms with Crippen LogP contribution in [0.5, 0.6) is 0 Å². The van der Waals surface area contributed by atoms with Gasteiger partial charge < -0.3 is 16.0 Å². The number of hydrogen-bond donors (Lipinski definition) is 3. The Bertz CT molecular complexity index is 1170. The summed E-state index contributed by atoms with van der Waals surface area (Å²) in [6.07, 6.45) is 12.3. The number of aromatic nitrogens is 1. The average molecular weight is 616 g/mol. The third-order valence-corrected chi connectivity index (χ3v) is 9.50. The summed E-state index contributed by atoms with van der Waals surface area (Å²) in [5.74, 6) is 0.0209. The molecule has 3 rings (SSSR count). The molecule has 3 heterocycles. The van der Waals surface area contributed by atoms with Crippen molar-refractivity contribution < 1.29 is 19.2 Å². The van der Waals surface area contributed by atoms with Crippen LogP contribution in [0.2, 0.25) is 0 Å². The number of allylic oxidation sites excluding steroid dienone is 1. The molecule has 0 aliphatic carbocycles. The topological polar surface area (TPSA) is 130 Å². The van der Waals surface area contributed by atoms with Crippen LogP contribution in [-0.2, 0) is 25.7 Å². The van der Waals surface area contributed by atoms with Crippen LogP contribution in [0.1, 0.15) is 90.3 Å². The van der Waals surface area contributed by atoms with Gasteiger partial charge in [-0.25, -0.2) is 0 Å². The fourth-order valence-electron chi connectivity index (χ4n) is 4.65. The highest BCUT2D eigenvalue weighted by molar-refractivity contribution is 8.14. The Kier molecular flexibility index (Phi) is 13.6. The van der Waals surface area contributed by atoms with E-state index in [9.17, 15) is 19.2 Å². The van der Waals surface area contributed by atoms with E-state index < -0.39 is 17.6 Å². The van der Waals surface area contributed by atoms with Crippen LogP contribution in [0.4, 0.5) is 0 Å². The first-order chi connectivity index (χ1) is 20.1. The Balaban J connectivity index is 1.69. The molecule has 9 nitrogen and oxygen atoms in total. The highest BCUT2D eigenvalue weighted by atomic mass is 32.2. The fourth-order valence-corrected chi connectivity index (χ4v) is 6.59. The Morgan fingerprint density at radius 3 is 2.74 bits per heavy atom. The number of nitrogens with one attached hydrogen (secondary N) is 3. The molecule has 42 heavy (non-hydrogen) atoms. The molecule has 0 fully saturated rings. The number of nitrogens with zero attached hydrogens (tertiary/aromatic N) is 2. The molecule has 2 aliphatic rings. The van der Waals surface area contributed by atoms with Gasteiger partial charge >= 0.3 is 0 Å². The van der Waals surface area contributed by atoms with E-state index in [2.05, 4.69) is 27.9 Å². The van der Waals surface area contributed by atoms with Crippen LogP contribution < -0.4 is 16.0 Å². The third kappa shape index (κ3) is 10.6. The second-order valence-electron chi connectivity index (χ2n) is 11.4. The monoisotopic (exact) mass is 615 g/mol. The van der Waals surface area contributed by atoms with Crippen molar-refractivity contribution in [2.45, 2.75) is 103 Å². The lowest BCUT2D eigenvalue weighted by Crippen LogP contribution is -2.56. The minimum atomic E-state index is -1.01. The van der Waals surface area contributed by atoms with Crippen LogP contribution in [-0.4, -0.2) is 62.0 Å². The van der Waals surface area contributed by atoms with E-state index in [1.165, 1.54) is 42.8 Å². The van der Waals surface area contributed by atoms with Crippen molar-refractivity contribution in [2.24, 2.45) is 10.9 Å². The molecule has 3 amide bonds. The number of pyridine rings is 1. The lowest BCUT2D eigenvalue weighted by molar-refractivity contribution is -0.132. The molecule has 4 bridgehead atoms. The van der Waals surface area contributed by atoms with Gasteiger partial charge in [-0.1, -0.05) is 70.4 Å². The van der Waals surface area contributed by atoms with Gasteiger partial charge in [0.15, 0.2) is 5.12 Å². The second-order valence-corrected chi connectivity index (χ2v) is 13.5. The van der Waals surface area contributed by atoms with E-state index in [4.69, 9.17) is 4.99 Å². The number of carbonyl (C=O) groups excluding carboxylic acids is 4. The summed E-state index contributed by atoms with van der Waals surface area (Å²) in [4.78, 5) is 61.0. The van der Waals surface area contributed by atoms with Crippen molar-refractivity contribution in [3.8, 4) is 0 Å². The molecule has 0 radical (unpaired) electrons. The molecule has 2 aliphatic heterocycles. The minimum absolute atomic E-state index is 0.0325. The van der Waals surface area contributed by atoms with Gasteiger partial charge in [-0.05, 0) is 37.8 Å². The van der Waals surface area contributed by atoms with Gasteiger partial charge in [-0.15, -0.1) is 11.8 Å². The number of rotatable bonds is 11. The number of hydrogen-bond acceptors (Lipinski definition) is 8. The lowest BCUT2D eigenvalue weighted by Gasteiger charge is -2.27. The maximum absolute atomic E-state index is 13.4. The molecule has 11 heteroatoms. The van der Waals surface area contributed by atoms with Crippen molar-refractivity contribution in [3.63, 3.8) is 0 Å². The second kappa shape index (κ2) is 16.8. The number of thioether (sulfide) groups is 2. The molecule has 3 N–H and O–H groups in total. The molecule has 0 spiro atoms. The molecule has 230 valence electrons. The molecular weight excluding hydrogens is 571 g/mol. The molecule has 0 saturated heterocycles. The van der Waals surface area contributed by atoms with Crippen LogP contribution in [0, 0.1) is 5.92 Å². The number of aliphatic imine (C=N–C) groups is 1. The standard InChI is InChI=1S/C31H45N5O4S2/c1-5-6-7-8-9-13-26(38)41-16-11-10-12-23-18-25(37)33-19-24-17-22(14-15-32-24)29-36-31(4,20-42-29)30(40)35-27(21(2)3)28(39)34-23/h10,12,14-15,17,21,23,27H,5-9,11,13,16,18-20H2,1-4H3,(H,33,37)(H,34,39)(H,35,40)/b12-10+/t23?,27?,31-/m0/s1. The summed E-state index contributed by atoms with van der Waals surface area (Å²) >= 11 is 2.82. The van der Waals surface area contributed by atoms with Gasteiger partial charge in [0, 0.05) is 29.7 Å². The highest BCUT2D eigenvalue weighted by Gasteiger charge is 2.41. The molecule has 1 aromatic heterocycles. The molecular formula is C31H45N5O4S2. The van der Waals surface area contributed by atoms with Crippen LogP contribution >= 0.6 is 23.5 Å². The van der Waals surface area contributed by atoms with Gasteiger partial charge in [-0.2, -0.15) is 0 Å². The molecule has 0 saturated carbocycles. The minimum Gasteiger partial charge on any atom is -0.350 e. The van der Waals surface area contributed by atoms with Crippen molar-refractivity contribution in [1.82, 2.24) is 20.9 Å². The normalized spacial score (nSPS) is 23.5. The predicted molar refractivity (Wildman–Crippen MR) is 171 cm³/mol. The summed E-state index contributed by atoms with van der Waals surface area (Å²) in [6, 6.07) is 2.35. The van der Waals surface area contributed by atoms with Crippen LogP contribution in [0.15, 0.2) is 35.5 Å². The summed E-state index contributed by atoms with van der Waals surface area (Å²) in [7, 11) is 0. The zero-order valence-electron chi connectivity index (χ0n) is 25.2. The smallest absolute Gasteiger partial charge is 0.249 e. The van der Waals surface area contributed by atoms with Gasteiger partial charge in [-0.3, -0.25) is 29.2 Å². The Morgan fingerprint density at radius 1 is 1.19 bits per heavy atom. The van der Waals surface area contributed by atoms with Crippen molar-refractivity contribution in [2.75, 3.05) is 11.5 Å². The van der Waals surface area contributed by atoms with Crippen LogP contribution in [0.3, 0.4) is 0 Å². The fraction of sp³-hybridized carbons (Fsp3) is 0.613. The zero-order chi connectivity index (χ0) is 30.5. The zero-order valence-corrected chi connectivity index (χ0v) is 26.9. The third-order valence-electron chi connectivity index (χ3n) is 7.23. The van der Waals surface area contributed by atoms with Crippen LogP contribution in [0.25, 0.3) is 0 Å². The molecule has 1 aromatic rings. The summed E-state index contributed by atoms with van der Waals surface area (Å²) in [6.45, 7) is 7.94. The summed E-state index contributed by atoms with van der Waals surface area (Å²) in [5, 5.41) is 9.72. The van der Waals surface area contributed by atoms with Gasteiger partial charge in [0.05, 0.1) is 29.7 Å². The number of carbonyl (C=O) groups is 4. The maximum Gasteiger partial charge on any atom is 0.249 e. The molecule has 3 atom stereocenters. The van der Waals surface area contributed by atoms with E-state index in [1.54, 1.807) is 19.2 Å². The van der Waals surface area contributed by atoms with Gasteiger partial charge in [0.2, 0.25) is 17.7 Å². The van der Waals surface area contributed by atoms with E-state index >= 15 is 0 Å². The first-order valence-electron chi connectivity index (χ1n) is 15.0. The first kappa shape index (κ1) is 33.8. The van der Waals surface area contributed by atoms with Crippen molar-refractivity contribution >= 4 is 51.4 Å². The average Bonchev–Trinajstić information content (AvgIpc) is 3.37. The number of fused-ring (bicyclic) bond motifs is 4. The predicted octanol–water partition coefficient (Wildman–Crippen LogP) is 4.55. The van der Waals surface area contributed by atoms with Crippen molar-refractivity contribution in [3.05, 3.63) is 41.7 Å². The number of unbranched alkanes of at least 4 members (excludes halogenated alkanes) is 4. The lowest BCUT2D eigenvalue weighted by atomic mass is 9.99. The Labute approximate surface area is 258 Å². The Hall–Kier alpha value is -2.66. The maximum atomic E-state index is 13.4. The van der Waals surface area contributed by atoms with Gasteiger partial charge in [0.1, 0.15) is 11.6 Å². The van der Waals surface area contributed by atoms with E-state index in [1.807, 2.05) is 32.1 Å². The largest absolute Gasteiger partial charge is 0.350 e. The summed E-state index contributed by atoms with van der Waals surface area (Å²) in [5.41, 5.74) is 0.513. The summed E-state index contributed by atoms with van der Waals surface area (Å²) < 4.78 is 0. The van der Waals surface area contributed by atoms with E-state index in [0.29, 0.717) is 30.0 Å².